The summed E-state index contributed by atoms with van der Waals surface area (Å²) in [4.78, 5) is 40.8. The molecule has 0 spiro atoms. The van der Waals surface area contributed by atoms with Crippen LogP contribution in [0, 0.1) is 0 Å². The molecule has 0 saturated carbocycles. The zero-order valence-electron chi connectivity index (χ0n) is 20.4. The van der Waals surface area contributed by atoms with Crippen LogP contribution in [0.5, 0.6) is 0 Å². The van der Waals surface area contributed by atoms with Gasteiger partial charge in [-0.25, -0.2) is 23.6 Å². The fraction of sp³-hybridized carbons (Fsp3) is 0.609. The summed E-state index contributed by atoms with van der Waals surface area (Å²) in [5, 5.41) is 0. The topological polar surface area (TPSA) is 105 Å². The van der Waals surface area contributed by atoms with Crippen LogP contribution in [0.3, 0.4) is 0 Å². The van der Waals surface area contributed by atoms with Crippen molar-refractivity contribution in [2.75, 3.05) is 22.3 Å². The number of anilines is 2. The Morgan fingerprint density at radius 2 is 1.48 bits per heavy atom. The van der Waals surface area contributed by atoms with Crippen molar-refractivity contribution in [2.24, 2.45) is 5.73 Å². The maximum atomic E-state index is 13.0. The van der Waals surface area contributed by atoms with Gasteiger partial charge < -0.3 is 20.1 Å². The van der Waals surface area contributed by atoms with Crippen molar-refractivity contribution in [1.82, 2.24) is 4.90 Å². The third kappa shape index (κ3) is 8.03. The largest absolute Gasteiger partial charge is 0.443 e. The van der Waals surface area contributed by atoms with E-state index in [-0.39, 0.29) is 6.54 Å². The normalized spacial score (nSPS) is 14.5. The van der Waals surface area contributed by atoms with Crippen LogP contribution in [0.2, 0.25) is 0 Å². The molecule has 0 aliphatic carbocycles. The molecular weight excluding hydrogens is 444 g/mol. The Bertz CT molecular complexity index is 845. The van der Waals surface area contributed by atoms with E-state index in [1.165, 1.54) is 0 Å². The SMILES string of the molecule is CC(C)(C)OC(=O)N(Cc1cc(N(S)C(N)=O)ccc1N1CCCCC1)C(=O)OC(C)(C)C. The first-order valence-corrected chi connectivity index (χ1v) is 11.5. The van der Waals surface area contributed by atoms with Crippen LogP contribution < -0.4 is 14.9 Å². The average Bonchev–Trinajstić information content (AvgIpc) is 2.69. The molecule has 0 atom stereocenters. The highest BCUT2D eigenvalue weighted by Gasteiger charge is 2.32. The Labute approximate surface area is 201 Å². The van der Waals surface area contributed by atoms with Gasteiger partial charge in [0.2, 0.25) is 0 Å². The van der Waals surface area contributed by atoms with Crippen LogP contribution in [0.1, 0.15) is 66.4 Å². The maximum absolute atomic E-state index is 13.0. The highest BCUT2D eigenvalue weighted by molar-refractivity contribution is 7.82. The molecule has 184 valence electrons. The van der Waals surface area contributed by atoms with E-state index in [9.17, 15) is 14.4 Å². The fourth-order valence-electron chi connectivity index (χ4n) is 3.41. The lowest BCUT2D eigenvalue weighted by molar-refractivity contribution is -0.000228. The van der Waals surface area contributed by atoms with Gasteiger partial charge in [0.15, 0.2) is 0 Å². The molecular formula is C23H36N4O5S. The monoisotopic (exact) mass is 480 g/mol. The Balaban J connectivity index is 2.49. The number of urea groups is 1. The first kappa shape index (κ1) is 26.6. The van der Waals surface area contributed by atoms with E-state index >= 15 is 0 Å². The Kier molecular flexibility index (Phi) is 8.51. The number of carbonyl (C=O) groups excluding carboxylic acids is 3. The second-order valence-electron chi connectivity index (χ2n) is 10.1. The smallest absolute Gasteiger partial charge is 0.420 e. The number of ether oxygens (including phenoxy) is 2. The number of carbonyl (C=O) groups is 3. The van der Waals surface area contributed by atoms with E-state index in [0.29, 0.717) is 11.3 Å². The van der Waals surface area contributed by atoms with Crippen molar-refractivity contribution in [3.63, 3.8) is 0 Å². The predicted octanol–water partition coefficient (Wildman–Crippen LogP) is 5.08. The molecule has 9 nitrogen and oxygen atoms in total. The molecule has 10 heteroatoms. The molecule has 1 aromatic carbocycles. The Morgan fingerprint density at radius 1 is 0.970 bits per heavy atom. The molecule has 1 heterocycles. The number of primary amides is 1. The molecule has 0 unspecified atom stereocenters. The summed E-state index contributed by atoms with van der Waals surface area (Å²) in [5.74, 6) is 0. The van der Waals surface area contributed by atoms with Crippen LogP contribution >= 0.6 is 12.8 Å². The van der Waals surface area contributed by atoms with Gasteiger partial charge in [0.05, 0.1) is 12.2 Å². The standard InChI is InChI=1S/C23H36N4O5S/c1-22(2,3)31-20(29)26(21(30)32-23(4,5)6)15-16-14-17(27(33)19(24)28)10-11-18(16)25-12-8-7-9-13-25/h10-11,14,33H,7-9,12-13,15H2,1-6H3,(H2,24,28). The molecule has 1 saturated heterocycles. The highest BCUT2D eigenvalue weighted by atomic mass is 32.1. The van der Waals surface area contributed by atoms with Crippen molar-refractivity contribution in [3.8, 4) is 0 Å². The maximum Gasteiger partial charge on any atom is 0.420 e. The lowest BCUT2D eigenvalue weighted by Crippen LogP contribution is -2.43. The number of nitrogens with zero attached hydrogens (tertiary/aromatic N) is 3. The van der Waals surface area contributed by atoms with E-state index in [1.807, 2.05) is 6.07 Å². The molecule has 1 aromatic rings. The third-order valence-electron chi connectivity index (χ3n) is 4.77. The van der Waals surface area contributed by atoms with Crippen LogP contribution in [0.4, 0.5) is 25.8 Å². The van der Waals surface area contributed by atoms with Crippen LogP contribution in [0.15, 0.2) is 18.2 Å². The molecule has 2 rings (SSSR count). The molecule has 0 bridgehead atoms. The number of nitrogens with two attached hydrogens (primary N) is 1. The molecule has 0 aromatic heterocycles. The first-order valence-electron chi connectivity index (χ1n) is 11.1. The summed E-state index contributed by atoms with van der Waals surface area (Å²) in [6.45, 7) is 12.0. The minimum absolute atomic E-state index is 0.107. The highest BCUT2D eigenvalue weighted by Crippen LogP contribution is 2.31. The number of thiol groups is 1. The Hall–Kier alpha value is -2.62. The lowest BCUT2D eigenvalue weighted by atomic mass is 10.1. The predicted molar refractivity (Wildman–Crippen MR) is 132 cm³/mol. The van der Waals surface area contributed by atoms with Gasteiger partial charge in [-0.1, -0.05) is 12.8 Å². The van der Waals surface area contributed by atoms with Crippen molar-refractivity contribution < 1.29 is 23.9 Å². The summed E-state index contributed by atoms with van der Waals surface area (Å²) in [6.07, 6.45) is 1.61. The lowest BCUT2D eigenvalue weighted by Gasteiger charge is -2.33. The van der Waals surface area contributed by atoms with Gasteiger partial charge in [-0.05, 0) is 84.6 Å². The first-order chi connectivity index (χ1) is 15.2. The van der Waals surface area contributed by atoms with E-state index in [1.54, 1.807) is 53.7 Å². The number of piperidine rings is 1. The number of benzene rings is 1. The van der Waals surface area contributed by atoms with Crippen LogP contribution in [-0.2, 0) is 16.0 Å². The summed E-state index contributed by atoms with van der Waals surface area (Å²) in [7, 11) is 0. The molecule has 0 radical (unpaired) electrons. The summed E-state index contributed by atoms with van der Waals surface area (Å²) in [6, 6.07) is 4.54. The van der Waals surface area contributed by atoms with Crippen molar-refractivity contribution in [1.29, 1.82) is 0 Å². The minimum atomic E-state index is -0.815. The van der Waals surface area contributed by atoms with E-state index in [0.717, 1.165) is 47.2 Å². The summed E-state index contributed by atoms with van der Waals surface area (Å²) in [5.41, 5.74) is 5.70. The second kappa shape index (κ2) is 10.5. The van der Waals surface area contributed by atoms with Gasteiger partial charge in [-0.3, -0.25) is 0 Å². The van der Waals surface area contributed by atoms with Gasteiger partial charge in [-0.15, -0.1) is 0 Å². The number of imide groups is 1. The van der Waals surface area contributed by atoms with Crippen molar-refractivity contribution in [3.05, 3.63) is 23.8 Å². The van der Waals surface area contributed by atoms with E-state index < -0.39 is 29.4 Å². The van der Waals surface area contributed by atoms with Crippen LogP contribution in [-0.4, -0.2) is 47.4 Å². The average molecular weight is 481 g/mol. The molecule has 2 N–H and O–H groups in total. The summed E-state index contributed by atoms with van der Waals surface area (Å²) >= 11 is 4.16. The second-order valence-corrected chi connectivity index (χ2v) is 10.5. The van der Waals surface area contributed by atoms with E-state index in [2.05, 4.69) is 17.7 Å². The zero-order chi connectivity index (χ0) is 25.0. The van der Waals surface area contributed by atoms with E-state index in [4.69, 9.17) is 15.2 Å². The number of amides is 4. The summed E-state index contributed by atoms with van der Waals surface area (Å²) < 4.78 is 12.0. The van der Waals surface area contributed by atoms with Crippen molar-refractivity contribution >= 4 is 42.4 Å². The number of hydrogen-bond acceptors (Lipinski definition) is 7. The minimum Gasteiger partial charge on any atom is -0.443 e. The molecule has 1 fully saturated rings. The van der Waals surface area contributed by atoms with Gasteiger partial charge >= 0.3 is 18.2 Å². The molecule has 1 aliphatic heterocycles. The Morgan fingerprint density at radius 3 is 1.94 bits per heavy atom. The van der Waals surface area contributed by atoms with Gasteiger partial charge in [-0.2, -0.15) is 0 Å². The van der Waals surface area contributed by atoms with Crippen LogP contribution in [0.25, 0.3) is 0 Å². The van der Waals surface area contributed by atoms with Crippen molar-refractivity contribution in [2.45, 2.75) is 78.6 Å². The van der Waals surface area contributed by atoms with Gasteiger partial charge in [0, 0.05) is 18.8 Å². The van der Waals surface area contributed by atoms with Gasteiger partial charge in [0.25, 0.3) is 0 Å². The molecule has 4 amide bonds. The quantitative estimate of drug-likeness (QED) is 0.582. The third-order valence-corrected chi connectivity index (χ3v) is 5.20. The molecule has 33 heavy (non-hydrogen) atoms. The zero-order valence-corrected chi connectivity index (χ0v) is 21.3. The number of rotatable bonds is 4. The molecule has 1 aliphatic rings. The van der Waals surface area contributed by atoms with Gasteiger partial charge in [0.1, 0.15) is 11.2 Å². The number of hydrogen-bond donors (Lipinski definition) is 2. The fourth-order valence-corrected chi connectivity index (χ4v) is 3.53.